The van der Waals surface area contributed by atoms with E-state index in [1.165, 1.54) is 24.3 Å². The normalized spacial score (nSPS) is 10.9. The van der Waals surface area contributed by atoms with Gasteiger partial charge in [-0.2, -0.15) is 5.10 Å². The van der Waals surface area contributed by atoms with Crippen LogP contribution in [0.1, 0.15) is 29.8 Å². The first-order valence-electron chi connectivity index (χ1n) is 11.8. The number of halogens is 1. The van der Waals surface area contributed by atoms with Crippen molar-refractivity contribution >= 4 is 5.91 Å². The number of amides is 1. The molecule has 0 fully saturated rings. The number of rotatable bonds is 9. The van der Waals surface area contributed by atoms with Crippen LogP contribution in [0.5, 0.6) is 17.4 Å². The molecule has 186 valence electrons. The molecule has 0 unspecified atom stereocenters. The first-order valence-corrected chi connectivity index (χ1v) is 11.8. The molecule has 3 aromatic carbocycles. The Morgan fingerprint density at radius 1 is 0.972 bits per heavy atom. The van der Waals surface area contributed by atoms with E-state index < -0.39 is 0 Å². The van der Waals surface area contributed by atoms with Crippen LogP contribution in [0.2, 0.25) is 0 Å². The van der Waals surface area contributed by atoms with Crippen LogP contribution in [-0.2, 0) is 13.6 Å². The predicted octanol–water partition coefficient (Wildman–Crippen LogP) is 6.33. The van der Waals surface area contributed by atoms with E-state index in [4.69, 9.17) is 14.6 Å². The quantitative estimate of drug-likeness (QED) is 0.277. The van der Waals surface area contributed by atoms with Gasteiger partial charge in [0.25, 0.3) is 5.91 Å². The number of ether oxygens (including phenoxy) is 2. The Morgan fingerprint density at radius 3 is 2.25 bits per heavy atom. The monoisotopic (exact) mass is 487 g/mol. The number of carbonyl (C=O) groups excluding carboxylic acids is 1. The van der Waals surface area contributed by atoms with Gasteiger partial charge in [-0.1, -0.05) is 56.3 Å². The second-order valence-electron chi connectivity index (χ2n) is 8.96. The minimum atomic E-state index is -0.381. The smallest absolute Gasteiger partial charge is 0.254 e. The van der Waals surface area contributed by atoms with Crippen molar-refractivity contribution in [3.63, 3.8) is 0 Å². The summed E-state index contributed by atoms with van der Waals surface area (Å²) in [6.45, 7) is 4.88. The summed E-state index contributed by atoms with van der Waals surface area (Å²) in [5.74, 6) is 1.29. The number of aromatic nitrogens is 2. The molecular formula is C29H30FN3O3. The summed E-state index contributed by atoms with van der Waals surface area (Å²) >= 11 is 0. The molecule has 1 heterocycles. The number of methoxy groups -OCH3 is 1. The van der Waals surface area contributed by atoms with Crippen LogP contribution in [-0.4, -0.2) is 34.2 Å². The van der Waals surface area contributed by atoms with Gasteiger partial charge in [-0.25, -0.2) is 9.07 Å². The van der Waals surface area contributed by atoms with E-state index in [2.05, 4.69) is 13.8 Å². The van der Waals surface area contributed by atoms with Gasteiger partial charge in [0.15, 0.2) is 11.5 Å². The summed E-state index contributed by atoms with van der Waals surface area (Å²) in [6, 6.07) is 22.8. The molecule has 0 saturated carbocycles. The summed E-state index contributed by atoms with van der Waals surface area (Å²) in [7, 11) is 3.41. The molecule has 0 aliphatic heterocycles. The van der Waals surface area contributed by atoms with Crippen molar-refractivity contribution < 1.29 is 18.7 Å². The largest absolute Gasteiger partial charge is 0.493 e. The molecule has 7 heteroatoms. The van der Waals surface area contributed by atoms with Crippen molar-refractivity contribution in [2.24, 2.45) is 13.0 Å². The fourth-order valence-electron chi connectivity index (χ4n) is 4.08. The number of benzene rings is 3. The van der Waals surface area contributed by atoms with E-state index in [1.54, 1.807) is 16.7 Å². The molecule has 0 bridgehead atoms. The molecule has 4 rings (SSSR count). The van der Waals surface area contributed by atoms with E-state index in [1.807, 2.05) is 61.6 Å². The van der Waals surface area contributed by atoms with Crippen LogP contribution in [0.4, 0.5) is 4.39 Å². The molecule has 0 saturated heterocycles. The first-order chi connectivity index (χ1) is 17.4. The van der Waals surface area contributed by atoms with E-state index >= 15 is 0 Å². The van der Waals surface area contributed by atoms with Crippen LogP contribution < -0.4 is 9.47 Å². The Hall–Kier alpha value is -4.13. The number of aryl methyl sites for hydroxylation is 1. The highest BCUT2D eigenvalue weighted by Crippen LogP contribution is 2.37. The lowest BCUT2D eigenvalue weighted by atomic mass is 10.1. The van der Waals surface area contributed by atoms with E-state index in [-0.39, 0.29) is 24.2 Å². The summed E-state index contributed by atoms with van der Waals surface area (Å²) in [4.78, 5) is 15.3. The second kappa shape index (κ2) is 11.1. The first kappa shape index (κ1) is 25.0. The zero-order valence-corrected chi connectivity index (χ0v) is 20.9. The number of para-hydroxylation sites is 2. The lowest BCUT2D eigenvalue weighted by Crippen LogP contribution is -2.34. The topological polar surface area (TPSA) is 56.6 Å². The van der Waals surface area contributed by atoms with E-state index in [0.29, 0.717) is 29.5 Å². The summed E-state index contributed by atoms with van der Waals surface area (Å²) in [5.41, 5.74) is 2.83. The average molecular weight is 488 g/mol. The van der Waals surface area contributed by atoms with Crippen LogP contribution in [0.25, 0.3) is 11.3 Å². The van der Waals surface area contributed by atoms with Gasteiger partial charge in [0.1, 0.15) is 11.5 Å². The lowest BCUT2D eigenvalue weighted by molar-refractivity contribution is 0.0722. The Balaban J connectivity index is 1.80. The molecule has 4 aromatic rings. The molecule has 1 aromatic heterocycles. The molecule has 36 heavy (non-hydrogen) atoms. The standard InChI is InChI=1S/C29H30FN3O3/c1-20(2)18-33(28(34)22-14-16-23(30)17-15-22)19-24-27(21-10-6-5-7-11-21)31-32(3)29(24)36-26-13-9-8-12-25(26)35-4/h5-17,20H,18-19H2,1-4H3. The number of carbonyl (C=O) groups is 1. The molecule has 6 nitrogen and oxygen atoms in total. The molecule has 0 spiro atoms. The zero-order valence-electron chi connectivity index (χ0n) is 20.9. The van der Waals surface area contributed by atoms with Crippen molar-refractivity contribution in [1.29, 1.82) is 0 Å². The Labute approximate surface area is 210 Å². The highest BCUT2D eigenvalue weighted by Gasteiger charge is 2.26. The number of hydrogen-bond donors (Lipinski definition) is 0. The summed E-state index contributed by atoms with van der Waals surface area (Å²) in [6.07, 6.45) is 0. The Bertz CT molecular complexity index is 1320. The third-order valence-electron chi connectivity index (χ3n) is 5.72. The maximum absolute atomic E-state index is 13.5. The molecule has 0 N–H and O–H groups in total. The molecule has 1 amide bonds. The fourth-order valence-corrected chi connectivity index (χ4v) is 4.08. The molecular weight excluding hydrogens is 457 g/mol. The van der Waals surface area contributed by atoms with Gasteiger partial charge in [0, 0.05) is 24.7 Å². The van der Waals surface area contributed by atoms with Crippen LogP contribution in [0.3, 0.4) is 0 Å². The zero-order chi connectivity index (χ0) is 25.7. The maximum atomic E-state index is 13.5. The number of hydrogen-bond acceptors (Lipinski definition) is 4. The van der Waals surface area contributed by atoms with Gasteiger partial charge in [-0.3, -0.25) is 4.79 Å². The summed E-state index contributed by atoms with van der Waals surface area (Å²) in [5, 5.41) is 4.77. The van der Waals surface area contributed by atoms with Crippen molar-refractivity contribution in [2.45, 2.75) is 20.4 Å². The maximum Gasteiger partial charge on any atom is 0.254 e. The third kappa shape index (κ3) is 5.57. The van der Waals surface area contributed by atoms with Crippen molar-refractivity contribution in [2.75, 3.05) is 13.7 Å². The van der Waals surface area contributed by atoms with E-state index in [0.717, 1.165) is 16.8 Å². The van der Waals surface area contributed by atoms with Gasteiger partial charge in [-0.05, 0) is 42.3 Å². The molecule has 0 atom stereocenters. The van der Waals surface area contributed by atoms with Crippen LogP contribution in [0.15, 0.2) is 78.9 Å². The third-order valence-corrected chi connectivity index (χ3v) is 5.72. The fraction of sp³-hybridized carbons (Fsp3) is 0.241. The van der Waals surface area contributed by atoms with Crippen molar-refractivity contribution in [3.8, 4) is 28.6 Å². The Kier molecular flexibility index (Phi) is 7.68. The van der Waals surface area contributed by atoms with Crippen LogP contribution >= 0.6 is 0 Å². The van der Waals surface area contributed by atoms with Crippen molar-refractivity contribution in [1.82, 2.24) is 14.7 Å². The number of nitrogens with zero attached hydrogens (tertiary/aromatic N) is 3. The second-order valence-corrected chi connectivity index (χ2v) is 8.96. The highest BCUT2D eigenvalue weighted by molar-refractivity contribution is 5.94. The van der Waals surface area contributed by atoms with Crippen molar-refractivity contribution in [3.05, 3.63) is 95.8 Å². The predicted molar refractivity (Wildman–Crippen MR) is 138 cm³/mol. The molecule has 0 aliphatic carbocycles. The molecule has 0 radical (unpaired) electrons. The van der Waals surface area contributed by atoms with Gasteiger partial charge in [0.05, 0.1) is 19.2 Å². The van der Waals surface area contributed by atoms with Gasteiger partial charge in [0.2, 0.25) is 5.88 Å². The van der Waals surface area contributed by atoms with Crippen LogP contribution in [0, 0.1) is 11.7 Å². The Morgan fingerprint density at radius 2 is 1.61 bits per heavy atom. The average Bonchev–Trinajstić information content (AvgIpc) is 3.19. The SMILES string of the molecule is COc1ccccc1Oc1c(CN(CC(C)C)C(=O)c2ccc(F)cc2)c(-c2ccccc2)nn1C. The van der Waals surface area contributed by atoms with Gasteiger partial charge < -0.3 is 14.4 Å². The van der Waals surface area contributed by atoms with E-state index in [9.17, 15) is 9.18 Å². The minimum Gasteiger partial charge on any atom is -0.493 e. The lowest BCUT2D eigenvalue weighted by Gasteiger charge is -2.25. The van der Waals surface area contributed by atoms with Gasteiger partial charge >= 0.3 is 0 Å². The van der Waals surface area contributed by atoms with Gasteiger partial charge in [-0.15, -0.1) is 0 Å². The highest BCUT2D eigenvalue weighted by atomic mass is 19.1. The molecule has 0 aliphatic rings. The minimum absolute atomic E-state index is 0.185. The summed E-state index contributed by atoms with van der Waals surface area (Å²) < 4.78 is 27.0.